The van der Waals surface area contributed by atoms with Crippen molar-refractivity contribution in [2.75, 3.05) is 12.4 Å². The Morgan fingerprint density at radius 3 is 2.67 bits per heavy atom. The van der Waals surface area contributed by atoms with Crippen molar-refractivity contribution < 1.29 is 14.5 Å². The SMILES string of the molecule is COc1ccc(NC(=O)c2cc(C)nn2C)cc1[N+](=O)[O-]. The number of benzene rings is 1. The molecule has 2 aromatic rings. The Morgan fingerprint density at radius 2 is 2.14 bits per heavy atom. The third-order valence-corrected chi connectivity index (χ3v) is 2.87. The Labute approximate surface area is 120 Å². The summed E-state index contributed by atoms with van der Waals surface area (Å²) in [5.41, 5.74) is 1.18. The van der Waals surface area contributed by atoms with Crippen molar-refractivity contribution in [2.45, 2.75) is 6.92 Å². The van der Waals surface area contributed by atoms with Gasteiger partial charge in [-0.05, 0) is 25.1 Å². The highest BCUT2D eigenvalue weighted by molar-refractivity contribution is 6.03. The molecule has 0 atom stereocenters. The summed E-state index contributed by atoms with van der Waals surface area (Å²) in [7, 11) is 3.00. The molecule has 0 aliphatic rings. The third-order valence-electron chi connectivity index (χ3n) is 2.87. The summed E-state index contributed by atoms with van der Waals surface area (Å²) >= 11 is 0. The lowest BCUT2D eigenvalue weighted by atomic mass is 10.2. The Morgan fingerprint density at radius 1 is 1.43 bits per heavy atom. The normalized spacial score (nSPS) is 10.2. The molecule has 2 rings (SSSR count). The van der Waals surface area contributed by atoms with Gasteiger partial charge in [0.15, 0.2) is 5.75 Å². The van der Waals surface area contributed by atoms with Gasteiger partial charge in [0.2, 0.25) is 0 Å². The molecule has 0 aliphatic carbocycles. The highest BCUT2D eigenvalue weighted by Crippen LogP contribution is 2.29. The van der Waals surface area contributed by atoms with E-state index in [-0.39, 0.29) is 11.4 Å². The zero-order valence-corrected chi connectivity index (χ0v) is 11.8. The van der Waals surface area contributed by atoms with Gasteiger partial charge in [-0.25, -0.2) is 0 Å². The summed E-state index contributed by atoms with van der Waals surface area (Å²) in [5, 5.41) is 17.6. The second-order valence-corrected chi connectivity index (χ2v) is 4.39. The van der Waals surface area contributed by atoms with Crippen LogP contribution in [0.3, 0.4) is 0 Å². The first-order chi connectivity index (χ1) is 9.92. The van der Waals surface area contributed by atoms with Gasteiger partial charge in [-0.15, -0.1) is 0 Å². The van der Waals surface area contributed by atoms with Crippen LogP contribution in [-0.4, -0.2) is 27.7 Å². The Bertz CT molecular complexity index is 708. The van der Waals surface area contributed by atoms with E-state index in [1.165, 1.54) is 30.0 Å². The van der Waals surface area contributed by atoms with Crippen molar-refractivity contribution in [3.8, 4) is 5.75 Å². The summed E-state index contributed by atoms with van der Waals surface area (Å²) in [6, 6.07) is 5.85. The van der Waals surface area contributed by atoms with Crippen molar-refractivity contribution in [1.82, 2.24) is 9.78 Å². The van der Waals surface area contributed by atoms with E-state index in [1.54, 1.807) is 20.0 Å². The quantitative estimate of drug-likeness (QED) is 0.684. The molecule has 1 aromatic heterocycles. The minimum absolute atomic E-state index is 0.134. The molecular formula is C13H14N4O4. The maximum Gasteiger partial charge on any atom is 0.312 e. The molecule has 1 N–H and O–H groups in total. The summed E-state index contributed by atoms with van der Waals surface area (Å²) in [4.78, 5) is 22.5. The minimum Gasteiger partial charge on any atom is -0.490 e. The maximum absolute atomic E-state index is 12.1. The van der Waals surface area contributed by atoms with E-state index in [4.69, 9.17) is 4.74 Å². The Kier molecular flexibility index (Phi) is 3.88. The fraction of sp³-hybridized carbons (Fsp3) is 0.231. The number of nitrogens with one attached hydrogen (secondary N) is 1. The van der Waals surface area contributed by atoms with Crippen LogP contribution < -0.4 is 10.1 Å². The molecule has 1 aromatic carbocycles. The second-order valence-electron chi connectivity index (χ2n) is 4.39. The molecule has 0 unspecified atom stereocenters. The largest absolute Gasteiger partial charge is 0.490 e. The van der Waals surface area contributed by atoms with E-state index in [0.717, 1.165) is 0 Å². The van der Waals surface area contributed by atoms with E-state index >= 15 is 0 Å². The lowest BCUT2D eigenvalue weighted by Crippen LogP contribution is -2.16. The smallest absolute Gasteiger partial charge is 0.312 e. The molecule has 1 heterocycles. The maximum atomic E-state index is 12.1. The van der Waals surface area contributed by atoms with Crippen molar-refractivity contribution in [1.29, 1.82) is 0 Å². The van der Waals surface area contributed by atoms with E-state index in [2.05, 4.69) is 10.4 Å². The number of nitrogens with zero attached hydrogens (tertiary/aromatic N) is 3. The minimum atomic E-state index is -0.567. The molecule has 1 amide bonds. The topological polar surface area (TPSA) is 99.3 Å². The number of anilines is 1. The molecule has 0 saturated carbocycles. The first kappa shape index (κ1) is 14.5. The Balaban J connectivity index is 2.27. The molecule has 110 valence electrons. The molecule has 0 spiro atoms. The van der Waals surface area contributed by atoms with Crippen LogP contribution in [0.5, 0.6) is 5.75 Å². The summed E-state index contributed by atoms with van der Waals surface area (Å²) in [6.07, 6.45) is 0. The first-order valence-electron chi connectivity index (χ1n) is 6.07. The van der Waals surface area contributed by atoms with Gasteiger partial charge in [0.25, 0.3) is 5.91 Å². The van der Waals surface area contributed by atoms with Crippen LogP contribution in [0.25, 0.3) is 0 Å². The van der Waals surface area contributed by atoms with Crippen molar-refractivity contribution in [2.24, 2.45) is 7.05 Å². The second kappa shape index (κ2) is 5.61. The number of carbonyl (C=O) groups excluding carboxylic acids is 1. The first-order valence-corrected chi connectivity index (χ1v) is 6.07. The summed E-state index contributed by atoms with van der Waals surface area (Å²) in [6.45, 7) is 1.77. The predicted molar refractivity (Wildman–Crippen MR) is 75.5 cm³/mol. The number of hydrogen-bond acceptors (Lipinski definition) is 5. The summed E-state index contributed by atoms with van der Waals surface area (Å²) in [5.74, 6) is -0.257. The van der Waals surface area contributed by atoms with Crippen LogP contribution >= 0.6 is 0 Å². The molecular weight excluding hydrogens is 276 g/mol. The highest BCUT2D eigenvalue weighted by atomic mass is 16.6. The lowest BCUT2D eigenvalue weighted by Gasteiger charge is -2.07. The van der Waals surface area contributed by atoms with Gasteiger partial charge in [0, 0.05) is 18.8 Å². The molecule has 0 radical (unpaired) electrons. The number of aromatic nitrogens is 2. The van der Waals surface area contributed by atoms with Gasteiger partial charge in [-0.1, -0.05) is 0 Å². The zero-order valence-electron chi connectivity index (χ0n) is 11.8. The van der Waals surface area contributed by atoms with Crippen LogP contribution in [0.2, 0.25) is 0 Å². The standard InChI is InChI=1S/C13H14N4O4/c1-8-6-11(16(2)15-8)13(18)14-9-4-5-12(21-3)10(7-9)17(19)20/h4-7H,1-3H3,(H,14,18). The van der Waals surface area contributed by atoms with E-state index in [1.807, 2.05) is 0 Å². The van der Waals surface area contributed by atoms with E-state index < -0.39 is 10.8 Å². The van der Waals surface area contributed by atoms with Crippen molar-refractivity contribution >= 4 is 17.3 Å². The van der Waals surface area contributed by atoms with Crippen LogP contribution in [0.15, 0.2) is 24.3 Å². The number of amides is 1. The lowest BCUT2D eigenvalue weighted by molar-refractivity contribution is -0.385. The van der Waals surface area contributed by atoms with E-state index in [0.29, 0.717) is 17.1 Å². The fourth-order valence-corrected chi connectivity index (χ4v) is 1.93. The number of rotatable bonds is 4. The third kappa shape index (κ3) is 2.99. The average Bonchev–Trinajstić information content (AvgIpc) is 2.77. The zero-order chi connectivity index (χ0) is 15.6. The number of hydrogen-bond donors (Lipinski definition) is 1. The van der Waals surface area contributed by atoms with Gasteiger partial charge in [0.05, 0.1) is 17.7 Å². The van der Waals surface area contributed by atoms with Crippen LogP contribution in [0.4, 0.5) is 11.4 Å². The Hall–Kier alpha value is -2.90. The van der Waals surface area contributed by atoms with E-state index in [9.17, 15) is 14.9 Å². The number of ether oxygens (including phenoxy) is 1. The summed E-state index contributed by atoms with van der Waals surface area (Å²) < 4.78 is 6.35. The molecule has 0 fully saturated rings. The number of nitro benzene ring substituents is 1. The van der Waals surface area contributed by atoms with Gasteiger partial charge in [0.1, 0.15) is 5.69 Å². The van der Waals surface area contributed by atoms with Crippen LogP contribution in [-0.2, 0) is 7.05 Å². The van der Waals surface area contributed by atoms with Gasteiger partial charge in [-0.2, -0.15) is 5.10 Å². The predicted octanol–water partition coefficient (Wildman–Crippen LogP) is 1.90. The van der Waals surface area contributed by atoms with Crippen molar-refractivity contribution in [3.63, 3.8) is 0 Å². The molecule has 0 aliphatic heterocycles. The van der Waals surface area contributed by atoms with Crippen LogP contribution in [0.1, 0.15) is 16.2 Å². The van der Waals surface area contributed by atoms with Crippen LogP contribution in [0, 0.1) is 17.0 Å². The number of aryl methyl sites for hydroxylation is 2. The number of methoxy groups -OCH3 is 1. The average molecular weight is 290 g/mol. The molecule has 8 nitrogen and oxygen atoms in total. The molecule has 8 heteroatoms. The molecule has 0 saturated heterocycles. The highest BCUT2D eigenvalue weighted by Gasteiger charge is 2.17. The van der Waals surface area contributed by atoms with Gasteiger partial charge >= 0.3 is 5.69 Å². The number of nitro groups is 1. The molecule has 0 bridgehead atoms. The van der Waals surface area contributed by atoms with Gasteiger partial charge < -0.3 is 10.1 Å². The fourth-order valence-electron chi connectivity index (χ4n) is 1.93. The van der Waals surface area contributed by atoms with Crippen molar-refractivity contribution in [3.05, 3.63) is 45.8 Å². The van der Waals surface area contributed by atoms with Gasteiger partial charge in [-0.3, -0.25) is 19.6 Å². The monoisotopic (exact) mass is 290 g/mol. The molecule has 21 heavy (non-hydrogen) atoms. The number of carbonyl (C=O) groups is 1.